The van der Waals surface area contributed by atoms with Gasteiger partial charge in [0.25, 0.3) is 0 Å². The molecule has 1 saturated heterocycles. The molecule has 60 heavy (non-hydrogen) atoms. The van der Waals surface area contributed by atoms with E-state index in [-0.39, 0.29) is 12.5 Å². The number of allylic oxidation sites excluding steroid dienone is 7. The Kier molecular flexibility index (Phi) is 38.5. The average Bonchev–Trinajstić information content (AvgIpc) is 3.25. The molecule has 0 spiro atoms. The molecule has 9 heteroatoms. The summed E-state index contributed by atoms with van der Waals surface area (Å²) < 4.78 is 11.2. The van der Waals surface area contributed by atoms with Crippen molar-refractivity contribution in [2.75, 3.05) is 13.2 Å². The van der Waals surface area contributed by atoms with E-state index >= 15 is 0 Å². The Morgan fingerprint density at radius 2 is 0.950 bits per heavy atom. The lowest BCUT2D eigenvalue weighted by atomic mass is 9.99. The van der Waals surface area contributed by atoms with Crippen LogP contribution in [0.5, 0.6) is 0 Å². The van der Waals surface area contributed by atoms with E-state index in [1.165, 1.54) is 135 Å². The smallest absolute Gasteiger partial charge is 0.220 e. The van der Waals surface area contributed by atoms with Crippen LogP contribution in [0.1, 0.15) is 213 Å². The van der Waals surface area contributed by atoms with E-state index in [2.05, 4.69) is 55.6 Å². The van der Waals surface area contributed by atoms with Gasteiger partial charge in [0, 0.05) is 6.42 Å². The van der Waals surface area contributed by atoms with E-state index in [4.69, 9.17) is 9.47 Å². The van der Waals surface area contributed by atoms with E-state index in [1.807, 2.05) is 6.08 Å². The Morgan fingerprint density at radius 1 is 0.550 bits per heavy atom. The summed E-state index contributed by atoms with van der Waals surface area (Å²) in [6, 6.07) is -0.835. The highest BCUT2D eigenvalue weighted by molar-refractivity contribution is 5.76. The molecular formula is C51H93NO8. The Bertz CT molecular complexity index is 1080. The summed E-state index contributed by atoms with van der Waals surface area (Å²) in [5.74, 6) is -0.208. The van der Waals surface area contributed by atoms with Gasteiger partial charge in [-0.1, -0.05) is 184 Å². The van der Waals surface area contributed by atoms with Crippen LogP contribution in [0, 0.1) is 0 Å². The Hall–Kier alpha value is -1.85. The van der Waals surface area contributed by atoms with Gasteiger partial charge in [-0.05, 0) is 70.6 Å². The topological polar surface area (TPSA) is 149 Å². The van der Waals surface area contributed by atoms with Crippen molar-refractivity contribution < 1.29 is 39.8 Å². The number of ether oxygens (including phenoxy) is 2. The monoisotopic (exact) mass is 848 g/mol. The van der Waals surface area contributed by atoms with Crippen LogP contribution < -0.4 is 5.32 Å². The zero-order valence-corrected chi connectivity index (χ0v) is 38.5. The van der Waals surface area contributed by atoms with Gasteiger partial charge in [-0.2, -0.15) is 0 Å². The summed E-state index contributed by atoms with van der Waals surface area (Å²) in [5, 5.41) is 54.2. The molecule has 0 aromatic heterocycles. The molecule has 7 unspecified atom stereocenters. The molecular weight excluding hydrogens is 755 g/mol. The van der Waals surface area contributed by atoms with E-state index in [9.17, 15) is 30.3 Å². The minimum atomic E-state index is -1.58. The van der Waals surface area contributed by atoms with Gasteiger partial charge in [-0.3, -0.25) is 4.79 Å². The number of nitrogens with one attached hydrogen (secondary N) is 1. The summed E-state index contributed by atoms with van der Waals surface area (Å²) in [4.78, 5) is 12.9. The third kappa shape index (κ3) is 31.1. The van der Waals surface area contributed by atoms with Crippen LogP contribution in [0.4, 0.5) is 0 Å². The molecule has 1 amide bonds. The zero-order chi connectivity index (χ0) is 43.7. The van der Waals surface area contributed by atoms with E-state index in [0.29, 0.717) is 6.42 Å². The molecule has 0 aromatic rings. The van der Waals surface area contributed by atoms with Crippen molar-refractivity contribution in [1.82, 2.24) is 5.32 Å². The SMILES string of the molecule is CCCCCCCC/C=C\CCCCCC(=O)NC(COC1OC(CO)C(O)C(O)C1O)C(O)/C=C/CC/C=C/CC/C=C/CCCCCCCCCCCCCCCC. The Balaban J connectivity index is 2.34. The highest BCUT2D eigenvalue weighted by atomic mass is 16.7. The quantitative estimate of drug-likeness (QED) is 0.0263. The maximum Gasteiger partial charge on any atom is 0.220 e. The molecule has 9 nitrogen and oxygen atoms in total. The fourth-order valence-corrected chi connectivity index (χ4v) is 7.59. The van der Waals surface area contributed by atoms with Gasteiger partial charge in [-0.25, -0.2) is 0 Å². The van der Waals surface area contributed by atoms with Gasteiger partial charge in [0.05, 0.1) is 25.4 Å². The number of unbranched alkanes of at least 4 members (excludes halogenated alkanes) is 25. The van der Waals surface area contributed by atoms with Crippen molar-refractivity contribution in [2.24, 2.45) is 0 Å². The van der Waals surface area contributed by atoms with Crippen molar-refractivity contribution >= 4 is 5.91 Å². The molecule has 350 valence electrons. The van der Waals surface area contributed by atoms with Crippen LogP contribution in [-0.2, 0) is 14.3 Å². The standard InChI is InChI=1S/C51H93NO8/c1-3-5-7-9-11-13-15-17-18-19-20-21-22-23-24-25-26-27-29-30-32-34-36-38-40-45(54)44(43-59-51-50(58)49(57)48(56)46(42-53)60-51)52-47(55)41-39-37-35-33-31-28-16-14-12-10-8-6-4-2/h25-26,28,30-32,38,40,44-46,48-51,53-54,56-58H,3-24,27,29,33-37,39,41-43H2,1-2H3,(H,52,55)/b26-25+,31-28-,32-30+,40-38+. The van der Waals surface area contributed by atoms with Crippen molar-refractivity contribution in [3.05, 3.63) is 48.6 Å². The first kappa shape index (κ1) is 56.2. The zero-order valence-electron chi connectivity index (χ0n) is 38.5. The van der Waals surface area contributed by atoms with Crippen LogP contribution in [0.3, 0.4) is 0 Å². The first-order valence-electron chi connectivity index (χ1n) is 24.9. The maximum absolute atomic E-state index is 12.9. The van der Waals surface area contributed by atoms with E-state index < -0.39 is 49.5 Å². The van der Waals surface area contributed by atoms with Crippen LogP contribution in [0.25, 0.3) is 0 Å². The molecule has 0 aliphatic carbocycles. The van der Waals surface area contributed by atoms with Gasteiger partial charge in [0.1, 0.15) is 24.4 Å². The highest BCUT2D eigenvalue weighted by Crippen LogP contribution is 2.22. The second-order valence-corrected chi connectivity index (χ2v) is 17.2. The van der Waals surface area contributed by atoms with Crippen molar-refractivity contribution in [2.45, 2.75) is 256 Å². The molecule has 0 saturated carbocycles. The largest absolute Gasteiger partial charge is 0.394 e. The lowest BCUT2D eigenvalue weighted by molar-refractivity contribution is -0.302. The molecule has 0 aromatic carbocycles. The number of carbonyl (C=O) groups is 1. The fraction of sp³-hybridized carbons (Fsp3) is 0.824. The molecule has 7 atom stereocenters. The molecule has 1 fully saturated rings. The molecule has 1 aliphatic heterocycles. The number of amides is 1. The Labute approximate surface area is 367 Å². The summed E-state index contributed by atoms with van der Waals surface area (Å²) in [6.45, 7) is 3.73. The Morgan fingerprint density at radius 3 is 1.40 bits per heavy atom. The molecule has 0 radical (unpaired) electrons. The second-order valence-electron chi connectivity index (χ2n) is 17.2. The van der Waals surface area contributed by atoms with Gasteiger partial charge >= 0.3 is 0 Å². The van der Waals surface area contributed by atoms with Gasteiger partial charge < -0.3 is 40.3 Å². The van der Waals surface area contributed by atoms with Crippen molar-refractivity contribution in [3.8, 4) is 0 Å². The maximum atomic E-state index is 12.9. The molecule has 6 N–H and O–H groups in total. The average molecular weight is 848 g/mol. The fourth-order valence-electron chi connectivity index (χ4n) is 7.59. The second kappa shape index (κ2) is 41.2. The third-order valence-electron chi connectivity index (χ3n) is 11.6. The minimum Gasteiger partial charge on any atom is -0.394 e. The molecule has 0 bridgehead atoms. The lowest BCUT2D eigenvalue weighted by Gasteiger charge is -2.40. The predicted octanol–water partition coefficient (Wildman–Crippen LogP) is 11.0. The van der Waals surface area contributed by atoms with E-state index in [0.717, 1.165) is 57.8 Å². The predicted molar refractivity (Wildman–Crippen MR) is 249 cm³/mol. The number of rotatable bonds is 41. The number of aliphatic hydroxyl groups is 5. The first-order chi connectivity index (χ1) is 29.3. The van der Waals surface area contributed by atoms with Crippen LogP contribution in [0.2, 0.25) is 0 Å². The summed E-state index contributed by atoms with van der Waals surface area (Å²) in [7, 11) is 0. The van der Waals surface area contributed by atoms with Gasteiger partial charge in [0.15, 0.2) is 6.29 Å². The number of aliphatic hydroxyl groups excluding tert-OH is 5. The van der Waals surface area contributed by atoms with Crippen LogP contribution >= 0.6 is 0 Å². The number of hydrogen-bond acceptors (Lipinski definition) is 8. The highest BCUT2D eigenvalue weighted by Gasteiger charge is 2.44. The van der Waals surface area contributed by atoms with Crippen LogP contribution in [0.15, 0.2) is 48.6 Å². The summed E-state index contributed by atoms with van der Waals surface area (Å²) >= 11 is 0. The van der Waals surface area contributed by atoms with Crippen molar-refractivity contribution in [1.29, 1.82) is 0 Å². The lowest BCUT2D eigenvalue weighted by Crippen LogP contribution is -2.60. The number of carbonyl (C=O) groups excluding carboxylic acids is 1. The van der Waals surface area contributed by atoms with Crippen molar-refractivity contribution in [3.63, 3.8) is 0 Å². The molecule has 1 heterocycles. The molecule has 1 rings (SSSR count). The van der Waals surface area contributed by atoms with Gasteiger partial charge in [-0.15, -0.1) is 0 Å². The van der Waals surface area contributed by atoms with Gasteiger partial charge in [0.2, 0.25) is 5.91 Å². The summed E-state index contributed by atoms with van der Waals surface area (Å²) in [6.07, 6.45) is 46.0. The van der Waals surface area contributed by atoms with E-state index in [1.54, 1.807) is 6.08 Å². The van der Waals surface area contributed by atoms with Crippen LogP contribution in [-0.4, -0.2) is 87.5 Å². The first-order valence-corrected chi connectivity index (χ1v) is 24.9. The summed E-state index contributed by atoms with van der Waals surface area (Å²) in [5.41, 5.74) is 0. The minimum absolute atomic E-state index is 0.208. The molecule has 1 aliphatic rings. The normalized spacial score (nSPS) is 20.9. The third-order valence-corrected chi connectivity index (χ3v) is 11.6. The number of hydrogen-bond donors (Lipinski definition) is 6.